The van der Waals surface area contributed by atoms with E-state index in [1.54, 1.807) is 48.5 Å². The van der Waals surface area contributed by atoms with E-state index in [0.29, 0.717) is 42.4 Å². The van der Waals surface area contributed by atoms with Crippen molar-refractivity contribution in [2.75, 3.05) is 5.32 Å². The Kier molecular flexibility index (Phi) is 7.57. The molecule has 2 N–H and O–H groups in total. The third-order valence-electron chi connectivity index (χ3n) is 4.81. The molecular weight excluding hydrogens is 669 g/mol. The number of ether oxygens (including phenoxy) is 2. The minimum atomic E-state index is -1.15. The molecule has 2 aromatic rings. The number of aliphatic imine (C=N–C) groups is 1. The molecule has 186 valence electrons. The molecule has 0 saturated carbocycles. The number of carbonyl (C=O) groups is 2. The van der Waals surface area contributed by atoms with Gasteiger partial charge in [0, 0.05) is 0 Å². The summed E-state index contributed by atoms with van der Waals surface area (Å²) >= 11 is 6.63. The Balaban J connectivity index is 2.02. The van der Waals surface area contributed by atoms with Crippen LogP contribution in [0.3, 0.4) is 0 Å². The number of amides is 2. The van der Waals surface area contributed by atoms with Crippen LogP contribution in [0.5, 0.6) is 0 Å². The summed E-state index contributed by atoms with van der Waals surface area (Å²) < 4.78 is 28.4. The van der Waals surface area contributed by atoms with Crippen molar-refractivity contribution >= 4 is 64.3 Å². The second kappa shape index (κ2) is 9.68. The molecule has 3 rings (SSSR count). The van der Waals surface area contributed by atoms with Gasteiger partial charge in [-0.25, -0.2) is 0 Å². The fourth-order valence-electron chi connectivity index (χ4n) is 3.48. The number of amidine groups is 1. The first-order valence-electron chi connectivity index (χ1n) is 10.9. The van der Waals surface area contributed by atoms with Crippen LogP contribution < -0.4 is 13.9 Å². The van der Waals surface area contributed by atoms with E-state index in [1.165, 1.54) is 18.2 Å². The van der Waals surface area contributed by atoms with Crippen molar-refractivity contribution < 1.29 is 23.5 Å². The summed E-state index contributed by atoms with van der Waals surface area (Å²) in [5.74, 6) is -0.0272. The average Bonchev–Trinajstić information content (AvgIpc) is 2.95. The Morgan fingerprint density at radius 2 is 1.69 bits per heavy atom. The van der Waals surface area contributed by atoms with E-state index in [1.807, 2.05) is 4.57 Å². The number of aromatic nitrogens is 2. The Labute approximate surface area is 224 Å². The molecular formula is C23H28ClFN5O4Tl. The Bertz CT molecular complexity index is 1200. The molecule has 0 spiro atoms. The molecule has 1 aromatic carbocycles. The zero-order chi connectivity index (χ0) is 26.3. The third kappa shape index (κ3) is 6.72. The molecule has 1 aliphatic heterocycles. The van der Waals surface area contributed by atoms with Crippen LogP contribution in [0, 0.1) is 5.82 Å². The van der Waals surface area contributed by atoms with Gasteiger partial charge in [0.15, 0.2) is 0 Å². The average molecular weight is 697 g/mol. The number of anilines is 1. The molecule has 1 atom stereocenters. The molecule has 12 heteroatoms. The maximum absolute atomic E-state index is 15.1. The molecule has 9 nitrogen and oxygen atoms in total. The second-order valence-corrected chi connectivity index (χ2v) is 12.9. The van der Waals surface area contributed by atoms with E-state index < -0.39 is 34.7 Å². The van der Waals surface area contributed by atoms with Crippen molar-refractivity contribution in [2.24, 2.45) is 4.99 Å². The van der Waals surface area contributed by atoms with Crippen molar-refractivity contribution in [3.8, 4) is 0 Å². The SMILES string of the molecule is CC(C)(C)OC(=O)NC1=NC(C)(c2cc(NC(=O)OC(C)(C)C)ccc2F)Cn2c1nc(Cl)[c]2[Tl]. The number of alkyl carbamates (subject to hydrolysis) is 1. The molecule has 35 heavy (non-hydrogen) atoms. The predicted molar refractivity (Wildman–Crippen MR) is 132 cm³/mol. The number of benzene rings is 1. The monoisotopic (exact) mass is 697 g/mol. The van der Waals surface area contributed by atoms with Gasteiger partial charge < -0.3 is 0 Å². The Morgan fingerprint density at radius 3 is 2.26 bits per heavy atom. The number of imidazole rings is 1. The van der Waals surface area contributed by atoms with Gasteiger partial charge in [0.25, 0.3) is 0 Å². The fraction of sp³-hybridized carbons (Fsp3) is 0.478. The van der Waals surface area contributed by atoms with Gasteiger partial charge in [0.1, 0.15) is 0 Å². The molecule has 0 fully saturated rings. The van der Waals surface area contributed by atoms with E-state index >= 15 is 4.39 Å². The minimum absolute atomic E-state index is 0.117. The zero-order valence-corrected chi connectivity index (χ0v) is 26.0. The van der Waals surface area contributed by atoms with Gasteiger partial charge in [-0.3, -0.25) is 0 Å². The summed E-state index contributed by atoms with van der Waals surface area (Å²) in [6, 6.07) is 4.20. The van der Waals surface area contributed by atoms with Crippen molar-refractivity contribution in [2.45, 2.75) is 71.8 Å². The van der Waals surface area contributed by atoms with Crippen LogP contribution in [-0.2, 0) is 21.6 Å². The number of hydrogen-bond acceptors (Lipinski definition) is 6. The van der Waals surface area contributed by atoms with Gasteiger partial charge in [-0.2, -0.15) is 0 Å². The molecule has 1 unspecified atom stereocenters. The molecule has 0 bridgehead atoms. The first kappa shape index (κ1) is 27.4. The predicted octanol–water partition coefficient (Wildman–Crippen LogP) is 4.02. The number of rotatable bonds is 2. The van der Waals surface area contributed by atoms with Gasteiger partial charge in [0.2, 0.25) is 0 Å². The van der Waals surface area contributed by atoms with Crippen LogP contribution in [0.1, 0.15) is 59.9 Å². The van der Waals surface area contributed by atoms with Gasteiger partial charge in [-0.15, -0.1) is 0 Å². The first-order chi connectivity index (χ1) is 16.0. The molecule has 1 aromatic heterocycles. The van der Waals surface area contributed by atoms with Crippen molar-refractivity contribution in [1.82, 2.24) is 14.9 Å². The summed E-state index contributed by atoms with van der Waals surface area (Å²) in [5.41, 5.74) is -2.01. The van der Waals surface area contributed by atoms with Gasteiger partial charge in [-0.1, -0.05) is 0 Å². The normalized spacial score (nSPS) is 17.8. The molecule has 0 radical (unpaired) electrons. The molecule has 2 amide bonds. The van der Waals surface area contributed by atoms with Crippen LogP contribution in [0.15, 0.2) is 23.2 Å². The summed E-state index contributed by atoms with van der Waals surface area (Å²) in [5, 5.41) is 5.58. The van der Waals surface area contributed by atoms with Crippen molar-refractivity contribution in [3.63, 3.8) is 0 Å². The van der Waals surface area contributed by atoms with E-state index in [9.17, 15) is 9.59 Å². The molecule has 1 aliphatic rings. The summed E-state index contributed by atoms with van der Waals surface area (Å²) in [4.78, 5) is 33.8. The van der Waals surface area contributed by atoms with Gasteiger partial charge in [0.05, 0.1) is 0 Å². The Morgan fingerprint density at radius 1 is 1.11 bits per heavy atom. The second-order valence-electron chi connectivity index (χ2n) is 10.4. The van der Waals surface area contributed by atoms with E-state index in [-0.39, 0.29) is 17.9 Å². The summed E-state index contributed by atoms with van der Waals surface area (Å²) in [6.45, 7) is 12.5. The molecule has 2 heterocycles. The van der Waals surface area contributed by atoms with Gasteiger partial charge in [-0.05, 0) is 0 Å². The van der Waals surface area contributed by atoms with E-state index in [2.05, 4.69) is 20.6 Å². The van der Waals surface area contributed by atoms with Crippen LogP contribution in [-0.4, -0.2) is 64.5 Å². The van der Waals surface area contributed by atoms with Crippen molar-refractivity contribution in [3.05, 3.63) is 40.6 Å². The molecule has 0 aliphatic carbocycles. The van der Waals surface area contributed by atoms with E-state index in [4.69, 9.17) is 21.1 Å². The standard InChI is InChI=1S/C23H28ClFN5O4.Tl/c1-21(2,3)33-19(31)26-13-8-9-15(25)14(10-13)23(7)12-30-11-16(24)27-18(30)17(29-23)28-20(32)34-22(4,5)6;/h8-10H,12H2,1-7H3,(H,26,31)(H,28,29,32);. The topological polar surface area (TPSA) is 107 Å². The van der Waals surface area contributed by atoms with Gasteiger partial charge >= 0.3 is 225 Å². The van der Waals surface area contributed by atoms with Crippen LogP contribution in [0.25, 0.3) is 0 Å². The first-order valence-corrected chi connectivity index (χ1v) is 13.5. The van der Waals surface area contributed by atoms with Crippen LogP contribution >= 0.6 is 11.6 Å². The quantitative estimate of drug-likeness (QED) is 0.462. The van der Waals surface area contributed by atoms with E-state index in [0.717, 1.165) is 3.25 Å². The Hall–Kier alpha value is -2.22. The summed E-state index contributed by atoms with van der Waals surface area (Å²) in [7, 11) is 0. The van der Waals surface area contributed by atoms with Crippen molar-refractivity contribution in [1.29, 1.82) is 0 Å². The zero-order valence-electron chi connectivity index (χ0n) is 20.7. The number of fused-ring (bicyclic) bond motifs is 1. The van der Waals surface area contributed by atoms with Crippen LogP contribution in [0.4, 0.5) is 19.7 Å². The van der Waals surface area contributed by atoms with Crippen LogP contribution in [0.2, 0.25) is 5.15 Å². The maximum atomic E-state index is 15.1. The number of carbonyl (C=O) groups excluding carboxylic acids is 2. The number of hydrogen-bond donors (Lipinski definition) is 2. The molecule has 0 saturated heterocycles. The summed E-state index contributed by atoms with van der Waals surface area (Å²) in [6.07, 6.45) is -1.38. The third-order valence-corrected chi connectivity index (χ3v) is 8.07. The number of nitrogens with zero attached hydrogens (tertiary/aromatic N) is 3. The fourth-order valence-corrected chi connectivity index (χ4v) is 4.75. The number of nitrogens with one attached hydrogen (secondary N) is 2. The number of halogens is 2.